The van der Waals surface area contributed by atoms with Crippen molar-refractivity contribution in [2.24, 2.45) is 11.5 Å². The number of phenols is 1. The lowest BCUT2D eigenvalue weighted by Gasteiger charge is -2.23. The molecule has 0 saturated carbocycles. The number of hydrogen-bond donors (Lipinski definition) is 8. The fourth-order valence-electron chi connectivity index (χ4n) is 2.96. The van der Waals surface area contributed by atoms with Gasteiger partial charge in [0.1, 0.15) is 24.4 Å². The van der Waals surface area contributed by atoms with Crippen LogP contribution in [0.2, 0.25) is 0 Å². The highest BCUT2D eigenvalue weighted by molar-refractivity contribution is 5.95. The Morgan fingerprint density at radius 1 is 0.853 bits per heavy atom. The Bertz CT molecular complexity index is 861. The van der Waals surface area contributed by atoms with E-state index >= 15 is 0 Å². The number of unbranched alkanes of at least 4 members (excludes halogenated alkanes) is 1. The van der Waals surface area contributed by atoms with Crippen LogP contribution in [-0.2, 0) is 30.4 Å². The predicted octanol–water partition coefficient (Wildman–Crippen LogP) is -1.96. The summed E-state index contributed by atoms with van der Waals surface area (Å²) < 4.78 is 0. The third-order valence-corrected chi connectivity index (χ3v) is 4.73. The first-order valence-corrected chi connectivity index (χ1v) is 10.6. The standard InChI is InChI=1S/C21H31N5O8/c22-8-2-1-3-15(20(33)24-11-18(30)31)25-21(34)16(10-17(28)29)26-19(32)14(23)9-12-4-6-13(27)7-5-12/h4-7,14-16,27H,1-3,8-11,22-23H2,(H,24,33)(H,25,34)(H,26,32)(H,28,29)(H,30,31). The van der Waals surface area contributed by atoms with Gasteiger partial charge in [-0.3, -0.25) is 24.0 Å². The summed E-state index contributed by atoms with van der Waals surface area (Å²) in [7, 11) is 0. The maximum Gasteiger partial charge on any atom is 0.322 e. The molecule has 0 aromatic heterocycles. The first kappa shape index (κ1) is 28.3. The molecule has 1 rings (SSSR count). The van der Waals surface area contributed by atoms with Gasteiger partial charge in [-0.2, -0.15) is 0 Å². The number of hydrogen-bond acceptors (Lipinski definition) is 8. The molecule has 0 spiro atoms. The van der Waals surface area contributed by atoms with Crippen molar-refractivity contribution in [3.8, 4) is 5.75 Å². The minimum atomic E-state index is -1.53. The molecule has 0 saturated heterocycles. The van der Waals surface area contributed by atoms with Crippen molar-refractivity contribution in [3.63, 3.8) is 0 Å². The third-order valence-electron chi connectivity index (χ3n) is 4.73. The van der Waals surface area contributed by atoms with Gasteiger partial charge < -0.3 is 42.7 Å². The number of amides is 3. The van der Waals surface area contributed by atoms with Gasteiger partial charge in [-0.25, -0.2) is 0 Å². The first-order chi connectivity index (χ1) is 16.0. The molecule has 3 unspecified atom stereocenters. The summed E-state index contributed by atoms with van der Waals surface area (Å²) >= 11 is 0. The Balaban J connectivity index is 2.86. The van der Waals surface area contributed by atoms with Gasteiger partial charge in [0.2, 0.25) is 17.7 Å². The summed E-state index contributed by atoms with van der Waals surface area (Å²) in [6.07, 6.45) is 0.403. The summed E-state index contributed by atoms with van der Waals surface area (Å²) in [6, 6.07) is 2.16. The molecule has 188 valence electrons. The second kappa shape index (κ2) is 14.4. The van der Waals surface area contributed by atoms with Gasteiger partial charge in [0, 0.05) is 0 Å². The maximum absolute atomic E-state index is 12.7. The van der Waals surface area contributed by atoms with E-state index in [1.807, 2.05) is 0 Å². The van der Waals surface area contributed by atoms with Crippen molar-refractivity contribution in [2.45, 2.75) is 50.2 Å². The quantitative estimate of drug-likeness (QED) is 0.129. The molecule has 3 atom stereocenters. The highest BCUT2D eigenvalue weighted by Gasteiger charge is 2.29. The summed E-state index contributed by atoms with van der Waals surface area (Å²) in [5.74, 6) is -5.10. The lowest BCUT2D eigenvalue weighted by Crippen LogP contribution is -2.56. The summed E-state index contributed by atoms with van der Waals surface area (Å²) in [5, 5.41) is 34.1. The van der Waals surface area contributed by atoms with Gasteiger partial charge in [-0.05, 0) is 49.9 Å². The Morgan fingerprint density at radius 2 is 1.47 bits per heavy atom. The van der Waals surface area contributed by atoms with E-state index in [0.717, 1.165) is 0 Å². The average molecular weight is 482 g/mol. The van der Waals surface area contributed by atoms with E-state index in [-0.39, 0.29) is 18.6 Å². The molecule has 13 nitrogen and oxygen atoms in total. The SMILES string of the molecule is NCCCCC(NC(=O)C(CC(=O)O)NC(=O)C(N)Cc1ccc(O)cc1)C(=O)NCC(=O)O. The Labute approximate surface area is 195 Å². The molecule has 13 heteroatoms. The van der Waals surface area contributed by atoms with Crippen LogP contribution in [0.4, 0.5) is 0 Å². The van der Waals surface area contributed by atoms with Crippen LogP contribution in [0.15, 0.2) is 24.3 Å². The summed E-state index contributed by atoms with van der Waals surface area (Å²) in [4.78, 5) is 59.5. The van der Waals surface area contributed by atoms with Crippen LogP contribution in [0.1, 0.15) is 31.2 Å². The van der Waals surface area contributed by atoms with Crippen molar-refractivity contribution >= 4 is 29.7 Å². The van der Waals surface area contributed by atoms with E-state index in [0.29, 0.717) is 24.9 Å². The van der Waals surface area contributed by atoms with Crippen LogP contribution in [-0.4, -0.2) is 76.2 Å². The Hall–Kier alpha value is -3.71. The summed E-state index contributed by atoms with van der Waals surface area (Å²) in [6.45, 7) is -0.322. The van der Waals surface area contributed by atoms with Crippen molar-refractivity contribution in [1.82, 2.24) is 16.0 Å². The zero-order valence-electron chi connectivity index (χ0n) is 18.5. The van der Waals surface area contributed by atoms with E-state index in [4.69, 9.17) is 21.7 Å². The van der Waals surface area contributed by atoms with Crippen LogP contribution in [0, 0.1) is 0 Å². The molecule has 0 aliphatic heterocycles. The fourth-order valence-corrected chi connectivity index (χ4v) is 2.96. The molecule has 1 aromatic carbocycles. The molecule has 1 aromatic rings. The number of benzene rings is 1. The predicted molar refractivity (Wildman–Crippen MR) is 119 cm³/mol. The number of phenolic OH excluding ortho intramolecular Hbond substituents is 1. The molecule has 0 radical (unpaired) electrons. The van der Waals surface area contributed by atoms with E-state index in [1.165, 1.54) is 12.1 Å². The molecule has 34 heavy (non-hydrogen) atoms. The molecule has 0 bridgehead atoms. The average Bonchev–Trinajstić information content (AvgIpc) is 2.77. The molecule has 3 amide bonds. The smallest absolute Gasteiger partial charge is 0.322 e. The number of carboxylic acid groups (broad SMARTS) is 2. The largest absolute Gasteiger partial charge is 0.508 e. The van der Waals surface area contributed by atoms with Gasteiger partial charge in [-0.1, -0.05) is 12.1 Å². The minimum Gasteiger partial charge on any atom is -0.508 e. The molecular formula is C21H31N5O8. The Morgan fingerprint density at radius 3 is 2.03 bits per heavy atom. The van der Waals surface area contributed by atoms with E-state index in [9.17, 15) is 29.1 Å². The van der Waals surface area contributed by atoms with E-state index < -0.39 is 60.8 Å². The topological polar surface area (TPSA) is 234 Å². The van der Waals surface area contributed by atoms with Crippen molar-refractivity contribution in [2.75, 3.05) is 13.1 Å². The van der Waals surface area contributed by atoms with Gasteiger partial charge >= 0.3 is 11.9 Å². The van der Waals surface area contributed by atoms with Gasteiger partial charge in [-0.15, -0.1) is 0 Å². The maximum atomic E-state index is 12.7. The number of aromatic hydroxyl groups is 1. The van der Waals surface area contributed by atoms with Gasteiger partial charge in [0.15, 0.2) is 0 Å². The second-order valence-electron chi connectivity index (χ2n) is 7.59. The van der Waals surface area contributed by atoms with Crippen LogP contribution >= 0.6 is 0 Å². The van der Waals surface area contributed by atoms with Crippen LogP contribution in [0.25, 0.3) is 0 Å². The first-order valence-electron chi connectivity index (χ1n) is 10.6. The molecule has 0 heterocycles. The normalized spacial score (nSPS) is 13.2. The molecular weight excluding hydrogens is 450 g/mol. The van der Waals surface area contributed by atoms with Crippen molar-refractivity contribution < 1.29 is 39.3 Å². The number of carbonyl (C=O) groups is 5. The fraction of sp³-hybridized carbons (Fsp3) is 0.476. The number of nitrogens with one attached hydrogen (secondary N) is 3. The zero-order chi connectivity index (χ0) is 25.7. The molecule has 10 N–H and O–H groups in total. The molecule has 0 aliphatic rings. The second-order valence-corrected chi connectivity index (χ2v) is 7.59. The van der Waals surface area contributed by atoms with Crippen LogP contribution < -0.4 is 27.4 Å². The highest BCUT2D eigenvalue weighted by atomic mass is 16.4. The van der Waals surface area contributed by atoms with Gasteiger partial charge in [0.25, 0.3) is 0 Å². The lowest BCUT2D eigenvalue weighted by molar-refractivity contribution is -0.141. The van der Waals surface area contributed by atoms with Gasteiger partial charge in [0.05, 0.1) is 12.5 Å². The monoisotopic (exact) mass is 481 g/mol. The number of nitrogens with two attached hydrogens (primary N) is 2. The molecule has 0 fully saturated rings. The van der Waals surface area contributed by atoms with Crippen molar-refractivity contribution in [3.05, 3.63) is 29.8 Å². The minimum absolute atomic E-state index is 0.0355. The number of aliphatic carboxylic acids is 2. The number of carboxylic acids is 2. The van der Waals surface area contributed by atoms with Crippen LogP contribution in [0.5, 0.6) is 5.75 Å². The third kappa shape index (κ3) is 10.7. The summed E-state index contributed by atoms with van der Waals surface area (Å²) in [5.41, 5.74) is 12.0. The number of rotatable bonds is 15. The van der Waals surface area contributed by atoms with Crippen molar-refractivity contribution in [1.29, 1.82) is 0 Å². The van der Waals surface area contributed by atoms with Crippen LogP contribution in [0.3, 0.4) is 0 Å². The Kier molecular flexibility index (Phi) is 12.0. The lowest BCUT2D eigenvalue weighted by atomic mass is 10.0. The zero-order valence-corrected chi connectivity index (χ0v) is 18.5. The molecule has 0 aliphatic carbocycles. The van der Waals surface area contributed by atoms with E-state index in [2.05, 4.69) is 16.0 Å². The number of carbonyl (C=O) groups excluding carboxylic acids is 3. The van der Waals surface area contributed by atoms with E-state index in [1.54, 1.807) is 12.1 Å². The highest BCUT2D eigenvalue weighted by Crippen LogP contribution is 2.11.